The number of nitrogens with zero attached hydrogens (tertiary/aromatic N) is 2. The quantitative estimate of drug-likeness (QED) is 0.885. The second-order valence-electron chi connectivity index (χ2n) is 6.75. The zero-order valence-electron chi connectivity index (χ0n) is 15.0. The number of amides is 2. The molecule has 2 amide bonds. The number of rotatable bonds is 4. The van der Waals surface area contributed by atoms with Gasteiger partial charge in [-0.2, -0.15) is 0 Å². The average molecular weight is 338 g/mol. The predicted molar refractivity (Wildman–Crippen MR) is 102 cm³/mol. The molecule has 0 bridgehead atoms. The number of carbonyl (C=O) groups is 1. The molecule has 2 aromatic rings. The zero-order valence-corrected chi connectivity index (χ0v) is 15.0. The Bertz CT molecular complexity index is 718. The highest BCUT2D eigenvalue weighted by molar-refractivity contribution is 5.89. The number of urea groups is 1. The summed E-state index contributed by atoms with van der Waals surface area (Å²) in [6, 6.07) is 9.84. The molecule has 3 rings (SSSR count). The first kappa shape index (κ1) is 17.3. The minimum Gasteiger partial charge on any atom is -0.357 e. The number of hydrogen-bond acceptors (Lipinski definition) is 3. The highest BCUT2D eigenvalue weighted by Gasteiger charge is 2.12. The van der Waals surface area contributed by atoms with Crippen LogP contribution in [0.15, 0.2) is 36.5 Å². The van der Waals surface area contributed by atoms with Gasteiger partial charge in [-0.05, 0) is 74.1 Å². The molecule has 1 aromatic heterocycles. The Morgan fingerprint density at radius 2 is 1.80 bits per heavy atom. The fraction of sp³-hybridized carbons (Fsp3) is 0.400. The molecule has 0 unspecified atom stereocenters. The van der Waals surface area contributed by atoms with E-state index in [0.717, 1.165) is 41.3 Å². The van der Waals surface area contributed by atoms with Crippen molar-refractivity contribution in [3.63, 3.8) is 0 Å². The van der Waals surface area contributed by atoms with Gasteiger partial charge in [-0.1, -0.05) is 6.07 Å². The second kappa shape index (κ2) is 8.01. The summed E-state index contributed by atoms with van der Waals surface area (Å²) in [6.07, 6.45) is 5.57. The smallest absolute Gasteiger partial charge is 0.319 e. The third kappa shape index (κ3) is 4.95. The van der Waals surface area contributed by atoms with E-state index in [4.69, 9.17) is 0 Å². The molecule has 25 heavy (non-hydrogen) atoms. The van der Waals surface area contributed by atoms with Crippen LogP contribution in [0.2, 0.25) is 0 Å². The van der Waals surface area contributed by atoms with E-state index in [2.05, 4.69) is 32.7 Å². The van der Waals surface area contributed by atoms with Gasteiger partial charge >= 0.3 is 6.03 Å². The summed E-state index contributed by atoms with van der Waals surface area (Å²) >= 11 is 0. The molecule has 2 heterocycles. The number of piperidine rings is 1. The number of aryl methyl sites for hydroxylation is 2. The lowest BCUT2D eigenvalue weighted by Gasteiger charge is -2.27. The molecular weight excluding hydrogens is 312 g/mol. The molecule has 0 aliphatic carbocycles. The van der Waals surface area contributed by atoms with Crippen molar-refractivity contribution in [2.75, 3.05) is 23.3 Å². The molecule has 1 saturated heterocycles. The normalized spacial score (nSPS) is 14.2. The third-order valence-corrected chi connectivity index (χ3v) is 4.42. The minimum atomic E-state index is -0.193. The van der Waals surface area contributed by atoms with Gasteiger partial charge in [0.15, 0.2) is 0 Å². The summed E-state index contributed by atoms with van der Waals surface area (Å²) < 4.78 is 0. The van der Waals surface area contributed by atoms with Gasteiger partial charge in [0.2, 0.25) is 0 Å². The van der Waals surface area contributed by atoms with Crippen LogP contribution in [-0.4, -0.2) is 24.1 Å². The monoisotopic (exact) mass is 338 g/mol. The molecule has 5 nitrogen and oxygen atoms in total. The van der Waals surface area contributed by atoms with Crippen LogP contribution in [0.1, 0.15) is 36.0 Å². The molecule has 0 saturated carbocycles. The molecular formula is C20H26N4O. The fourth-order valence-corrected chi connectivity index (χ4v) is 3.27. The van der Waals surface area contributed by atoms with Gasteiger partial charge in [-0.3, -0.25) is 0 Å². The Morgan fingerprint density at radius 1 is 1.08 bits per heavy atom. The Labute approximate surface area is 149 Å². The average Bonchev–Trinajstić information content (AvgIpc) is 2.60. The molecule has 0 spiro atoms. The molecule has 5 heteroatoms. The molecule has 1 aliphatic rings. The van der Waals surface area contributed by atoms with Gasteiger partial charge in [0.25, 0.3) is 0 Å². The Balaban J connectivity index is 1.56. The van der Waals surface area contributed by atoms with E-state index >= 15 is 0 Å². The third-order valence-electron chi connectivity index (χ3n) is 4.42. The Kier molecular flexibility index (Phi) is 5.53. The van der Waals surface area contributed by atoms with Crippen molar-refractivity contribution in [1.82, 2.24) is 10.3 Å². The molecule has 1 fully saturated rings. The van der Waals surface area contributed by atoms with Crippen LogP contribution >= 0.6 is 0 Å². The highest BCUT2D eigenvalue weighted by atomic mass is 16.2. The van der Waals surface area contributed by atoms with Gasteiger partial charge in [-0.25, -0.2) is 9.78 Å². The minimum absolute atomic E-state index is 0.193. The molecule has 0 atom stereocenters. The first-order valence-electron chi connectivity index (χ1n) is 8.93. The van der Waals surface area contributed by atoms with Crippen molar-refractivity contribution >= 4 is 17.5 Å². The van der Waals surface area contributed by atoms with E-state index in [9.17, 15) is 4.79 Å². The van der Waals surface area contributed by atoms with Gasteiger partial charge in [0, 0.05) is 31.5 Å². The molecule has 2 N–H and O–H groups in total. The summed E-state index contributed by atoms with van der Waals surface area (Å²) in [5, 5.41) is 5.82. The van der Waals surface area contributed by atoms with Gasteiger partial charge in [0.1, 0.15) is 5.82 Å². The summed E-state index contributed by atoms with van der Waals surface area (Å²) in [5.74, 6) is 1.01. The predicted octanol–water partition coefficient (Wildman–Crippen LogP) is 4.01. The fourth-order valence-electron chi connectivity index (χ4n) is 3.27. The number of nitrogens with one attached hydrogen (secondary N) is 2. The van der Waals surface area contributed by atoms with E-state index in [-0.39, 0.29) is 6.03 Å². The van der Waals surface area contributed by atoms with Crippen molar-refractivity contribution in [1.29, 1.82) is 0 Å². The van der Waals surface area contributed by atoms with E-state index < -0.39 is 0 Å². The number of pyridine rings is 1. The maximum Gasteiger partial charge on any atom is 0.319 e. The topological polar surface area (TPSA) is 57.3 Å². The number of carbonyl (C=O) groups excluding carboxylic acids is 1. The van der Waals surface area contributed by atoms with Crippen LogP contribution in [0, 0.1) is 13.8 Å². The Hall–Kier alpha value is -2.56. The van der Waals surface area contributed by atoms with Crippen LogP contribution in [0.25, 0.3) is 0 Å². The van der Waals surface area contributed by atoms with Crippen molar-refractivity contribution < 1.29 is 4.79 Å². The second-order valence-corrected chi connectivity index (χ2v) is 6.75. The van der Waals surface area contributed by atoms with E-state index in [0.29, 0.717) is 6.54 Å². The first-order valence-corrected chi connectivity index (χ1v) is 8.93. The molecule has 0 radical (unpaired) electrons. The van der Waals surface area contributed by atoms with Gasteiger partial charge < -0.3 is 15.5 Å². The lowest BCUT2D eigenvalue weighted by Crippen LogP contribution is -2.31. The summed E-state index contributed by atoms with van der Waals surface area (Å²) in [5.41, 5.74) is 4.15. The summed E-state index contributed by atoms with van der Waals surface area (Å²) in [6.45, 7) is 6.67. The molecule has 1 aliphatic heterocycles. The van der Waals surface area contributed by atoms with Gasteiger partial charge in [0.05, 0.1) is 0 Å². The van der Waals surface area contributed by atoms with Crippen LogP contribution in [0.4, 0.5) is 16.3 Å². The van der Waals surface area contributed by atoms with Crippen LogP contribution in [0.5, 0.6) is 0 Å². The van der Waals surface area contributed by atoms with Crippen molar-refractivity contribution in [2.45, 2.75) is 39.7 Å². The SMILES string of the molecule is Cc1cc(C)cc(NC(=O)NCc2ccnc(N3CCCCC3)c2)c1. The number of benzene rings is 1. The first-order chi connectivity index (χ1) is 12.1. The highest BCUT2D eigenvalue weighted by Crippen LogP contribution is 2.18. The lowest BCUT2D eigenvalue weighted by atomic mass is 10.1. The zero-order chi connectivity index (χ0) is 17.6. The maximum atomic E-state index is 12.1. The lowest BCUT2D eigenvalue weighted by molar-refractivity contribution is 0.251. The molecule has 132 valence electrons. The summed E-state index contributed by atoms with van der Waals surface area (Å²) in [7, 11) is 0. The van der Waals surface area contributed by atoms with E-state index in [1.165, 1.54) is 19.3 Å². The van der Waals surface area contributed by atoms with Crippen LogP contribution in [-0.2, 0) is 6.54 Å². The van der Waals surface area contributed by atoms with Crippen molar-refractivity contribution in [2.24, 2.45) is 0 Å². The summed E-state index contributed by atoms with van der Waals surface area (Å²) in [4.78, 5) is 18.9. The van der Waals surface area contributed by atoms with Crippen molar-refractivity contribution in [3.05, 3.63) is 53.2 Å². The van der Waals surface area contributed by atoms with Crippen molar-refractivity contribution in [3.8, 4) is 0 Å². The number of hydrogen-bond donors (Lipinski definition) is 2. The van der Waals surface area contributed by atoms with E-state index in [1.54, 1.807) is 0 Å². The Morgan fingerprint density at radius 3 is 2.52 bits per heavy atom. The standard InChI is InChI=1S/C20H26N4O/c1-15-10-16(2)12-18(11-15)23-20(25)22-14-17-6-7-21-19(13-17)24-8-4-3-5-9-24/h6-7,10-13H,3-5,8-9,14H2,1-2H3,(H2,22,23,25). The van der Waals surface area contributed by atoms with Crippen LogP contribution < -0.4 is 15.5 Å². The number of aromatic nitrogens is 1. The van der Waals surface area contributed by atoms with Crippen LogP contribution in [0.3, 0.4) is 0 Å². The van der Waals surface area contributed by atoms with E-state index in [1.807, 2.05) is 38.2 Å². The molecule has 1 aromatic carbocycles. The largest absolute Gasteiger partial charge is 0.357 e. The maximum absolute atomic E-state index is 12.1. The van der Waals surface area contributed by atoms with Gasteiger partial charge in [-0.15, -0.1) is 0 Å². The number of anilines is 2.